The second-order valence-corrected chi connectivity index (χ2v) is 9.13. The van der Waals surface area contributed by atoms with Crippen LogP contribution in [0.15, 0.2) is 72.8 Å². The standard InChI is InChI=1S/C29H29NO4/c31-27(23-7-8-24-19-29(32)34-28(24)18-23)13-6-21-14-16-30(17-15-21)25-9-11-26(12-10-25)33-20-22-4-2-1-3-5-22/h1-5,7-12,18,21H,6,13-17,19-20H2. The molecule has 1 saturated heterocycles. The van der Waals surface area contributed by atoms with E-state index in [1.807, 2.05) is 42.5 Å². The number of benzene rings is 3. The summed E-state index contributed by atoms with van der Waals surface area (Å²) in [6.45, 7) is 2.57. The summed E-state index contributed by atoms with van der Waals surface area (Å²) in [6.07, 6.45) is 3.90. The van der Waals surface area contributed by atoms with E-state index in [0.29, 0.717) is 36.7 Å². The van der Waals surface area contributed by atoms with Gasteiger partial charge in [0.15, 0.2) is 5.78 Å². The Labute approximate surface area is 200 Å². The molecule has 174 valence electrons. The summed E-state index contributed by atoms with van der Waals surface area (Å²) >= 11 is 0. The summed E-state index contributed by atoms with van der Waals surface area (Å²) in [5.41, 5.74) is 3.88. The van der Waals surface area contributed by atoms with Crippen molar-refractivity contribution in [1.29, 1.82) is 0 Å². The highest BCUT2D eigenvalue weighted by molar-refractivity contribution is 5.97. The number of rotatable bonds is 8. The third-order valence-electron chi connectivity index (χ3n) is 6.79. The van der Waals surface area contributed by atoms with Gasteiger partial charge in [-0.05, 0) is 61.1 Å². The monoisotopic (exact) mass is 455 g/mol. The van der Waals surface area contributed by atoms with Gasteiger partial charge in [-0.15, -0.1) is 0 Å². The van der Waals surface area contributed by atoms with Crippen molar-refractivity contribution >= 4 is 17.4 Å². The second kappa shape index (κ2) is 10.1. The van der Waals surface area contributed by atoms with E-state index in [0.717, 1.165) is 49.2 Å². The molecule has 0 aromatic heterocycles. The number of anilines is 1. The minimum absolute atomic E-state index is 0.124. The van der Waals surface area contributed by atoms with Crippen molar-refractivity contribution in [3.63, 3.8) is 0 Å². The molecule has 0 unspecified atom stereocenters. The first-order chi connectivity index (χ1) is 16.6. The normalized spacial score (nSPS) is 15.6. The van der Waals surface area contributed by atoms with Crippen molar-refractivity contribution in [2.45, 2.75) is 38.7 Å². The average molecular weight is 456 g/mol. The molecule has 2 heterocycles. The van der Waals surface area contributed by atoms with Gasteiger partial charge in [-0.2, -0.15) is 0 Å². The minimum atomic E-state index is -0.249. The molecule has 0 saturated carbocycles. The maximum Gasteiger partial charge on any atom is 0.315 e. The zero-order chi connectivity index (χ0) is 23.3. The topological polar surface area (TPSA) is 55.8 Å². The van der Waals surface area contributed by atoms with Gasteiger partial charge in [0.2, 0.25) is 0 Å². The van der Waals surface area contributed by atoms with Crippen LogP contribution in [0.3, 0.4) is 0 Å². The summed E-state index contributed by atoms with van der Waals surface area (Å²) in [5.74, 6) is 1.85. The summed E-state index contributed by atoms with van der Waals surface area (Å²) in [5, 5.41) is 0. The van der Waals surface area contributed by atoms with Crippen LogP contribution in [0.4, 0.5) is 5.69 Å². The smallest absolute Gasteiger partial charge is 0.315 e. The number of hydrogen-bond acceptors (Lipinski definition) is 5. The Bertz CT molecular complexity index is 1150. The molecule has 0 N–H and O–H groups in total. The molecule has 2 aliphatic heterocycles. The first kappa shape index (κ1) is 22.2. The van der Waals surface area contributed by atoms with Crippen molar-refractivity contribution in [3.8, 4) is 11.5 Å². The van der Waals surface area contributed by atoms with Crippen molar-refractivity contribution < 1.29 is 19.1 Å². The lowest BCUT2D eigenvalue weighted by molar-refractivity contribution is -0.131. The van der Waals surface area contributed by atoms with Gasteiger partial charge in [0.1, 0.15) is 18.1 Å². The van der Waals surface area contributed by atoms with Crippen LogP contribution >= 0.6 is 0 Å². The van der Waals surface area contributed by atoms with Crippen LogP contribution in [0.25, 0.3) is 0 Å². The molecular formula is C29H29NO4. The average Bonchev–Trinajstić information content (AvgIpc) is 3.26. The van der Waals surface area contributed by atoms with E-state index < -0.39 is 0 Å². The highest BCUT2D eigenvalue weighted by Gasteiger charge is 2.23. The molecule has 0 radical (unpaired) electrons. The van der Waals surface area contributed by atoms with Crippen molar-refractivity contribution in [1.82, 2.24) is 0 Å². The Morgan fingerprint density at radius 3 is 2.50 bits per heavy atom. The van der Waals surface area contributed by atoms with Crippen LogP contribution in [0.5, 0.6) is 11.5 Å². The molecule has 5 nitrogen and oxygen atoms in total. The number of hydrogen-bond donors (Lipinski definition) is 0. The summed E-state index contributed by atoms with van der Waals surface area (Å²) in [6, 6.07) is 23.9. The molecule has 5 heteroatoms. The van der Waals surface area contributed by atoms with Gasteiger partial charge in [-0.1, -0.05) is 42.5 Å². The molecular weight excluding hydrogens is 426 g/mol. The van der Waals surface area contributed by atoms with Crippen LogP contribution in [0.2, 0.25) is 0 Å². The number of ether oxygens (including phenoxy) is 2. The molecule has 34 heavy (non-hydrogen) atoms. The predicted octanol–water partition coefficient (Wildman–Crippen LogP) is 5.61. The number of esters is 1. The molecule has 0 bridgehead atoms. The van der Waals surface area contributed by atoms with E-state index >= 15 is 0 Å². The third-order valence-corrected chi connectivity index (χ3v) is 6.79. The molecule has 3 aromatic carbocycles. The van der Waals surface area contributed by atoms with Crippen LogP contribution in [-0.4, -0.2) is 24.8 Å². The van der Waals surface area contributed by atoms with Gasteiger partial charge in [0.25, 0.3) is 0 Å². The van der Waals surface area contributed by atoms with E-state index in [9.17, 15) is 9.59 Å². The second-order valence-electron chi connectivity index (χ2n) is 9.13. The van der Waals surface area contributed by atoms with E-state index in [1.165, 1.54) is 5.69 Å². The number of carbonyl (C=O) groups excluding carboxylic acids is 2. The van der Waals surface area contributed by atoms with E-state index in [2.05, 4.69) is 29.2 Å². The van der Waals surface area contributed by atoms with E-state index in [-0.39, 0.29) is 11.8 Å². The van der Waals surface area contributed by atoms with Gasteiger partial charge >= 0.3 is 5.97 Å². The largest absolute Gasteiger partial charge is 0.489 e. The Hall–Kier alpha value is -3.60. The molecule has 2 aliphatic rings. The molecule has 0 aliphatic carbocycles. The fourth-order valence-electron chi connectivity index (χ4n) is 4.74. The summed E-state index contributed by atoms with van der Waals surface area (Å²) in [7, 11) is 0. The van der Waals surface area contributed by atoms with E-state index in [4.69, 9.17) is 9.47 Å². The van der Waals surface area contributed by atoms with Gasteiger partial charge < -0.3 is 14.4 Å². The molecule has 1 fully saturated rings. The first-order valence-electron chi connectivity index (χ1n) is 12.0. The number of Topliss-reactive ketones (excluding diaryl/α,β-unsaturated/α-hetero) is 1. The molecule has 3 aromatic rings. The number of carbonyl (C=O) groups is 2. The molecule has 0 amide bonds. The van der Waals surface area contributed by atoms with Crippen molar-refractivity contribution in [2.24, 2.45) is 5.92 Å². The van der Waals surface area contributed by atoms with Crippen LogP contribution in [0, 0.1) is 5.92 Å². The van der Waals surface area contributed by atoms with Crippen molar-refractivity contribution in [2.75, 3.05) is 18.0 Å². The van der Waals surface area contributed by atoms with Gasteiger partial charge in [0, 0.05) is 36.3 Å². The fourth-order valence-corrected chi connectivity index (χ4v) is 4.74. The van der Waals surface area contributed by atoms with Gasteiger partial charge in [-0.25, -0.2) is 0 Å². The highest BCUT2D eigenvalue weighted by atomic mass is 16.5. The van der Waals surface area contributed by atoms with Gasteiger partial charge in [0.05, 0.1) is 6.42 Å². The minimum Gasteiger partial charge on any atom is -0.489 e. The Morgan fingerprint density at radius 2 is 1.74 bits per heavy atom. The van der Waals surface area contributed by atoms with Crippen LogP contribution < -0.4 is 14.4 Å². The van der Waals surface area contributed by atoms with E-state index in [1.54, 1.807) is 6.07 Å². The maximum atomic E-state index is 12.7. The highest BCUT2D eigenvalue weighted by Crippen LogP contribution is 2.30. The molecule has 5 rings (SSSR count). The fraction of sp³-hybridized carbons (Fsp3) is 0.310. The summed E-state index contributed by atoms with van der Waals surface area (Å²) < 4.78 is 11.1. The van der Waals surface area contributed by atoms with Crippen LogP contribution in [-0.2, 0) is 17.8 Å². The Balaban J connectivity index is 1.07. The number of nitrogens with zero attached hydrogens (tertiary/aromatic N) is 1. The number of piperidine rings is 1. The zero-order valence-corrected chi connectivity index (χ0v) is 19.2. The predicted molar refractivity (Wildman–Crippen MR) is 131 cm³/mol. The zero-order valence-electron chi connectivity index (χ0n) is 19.2. The lowest BCUT2D eigenvalue weighted by atomic mass is 9.90. The lowest BCUT2D eigenvalue weighted by Crippen LogP contribution is -2.33. The number of fused-ring (bicyclic) bond motifs is 1. The quantitative estimate of drug-likeness (QED) is 0.251. The van der Waals surface area contributed by atoms with Crippen molar-refractivity contribution in [3.05, 3.63) is 89.5 Å². The maximum absolute atomic E-state index is 12.7. The molecule has 0 spiro atoms. The van der Waals surface area contributed by atoms with Gasteiger partial charge in [-0.3, -0.25) is 9.59 Å². The van der Waals surface area contributed by atoms with Crippen LogP contribution in [0.1, 0.15) is 47.2 Å². The SMILES string of the molecule is O=C1Cc2ccc(C(=O)CCC3CCN(c4ccc(OCc5ccccc5)cc4)CC3)cc2O1. The molecule has 0 atom stereocenters. The Morgan fingerprint density at radius 1 is 0.971 bits per heavy atom. The third kappa shape index (κ3) is 5.30. The first-order valence-corrected chi connectivity index (χ1v) is 12.0. The lowest BCUT2D eigenvalue weighted by Gasteiger charge is -2.33. The Kier molecular flexibility index (Phi) is 6.61. The summed E-state index contributed by atoms with van der Waals surface area (Å²) in [4.78, 5) is 26.5. The number of ketones is 1.